The Morgan fingerprint density at radius 2 is 2.07 bits per heavy atom. The zero-order valence-corrected chi connectivity index (χ0v) is 17.1. The monoisotopic (exact) mass is 420 g/mol. The molecule has 0 aliphatic carbocycles. The van der Waals surface area contributed by atoms with Crippen LogP contribution in [0.5, 0.6) is 0 Å². The average molecular weight is 420 g/mol. The summed E-state index contributed by atoms with van der Waals surface area (Å²) in [5.41, 5.74) is 0.162. The normalized spacial score (nSPS) is 19.8. The summed E-state index contributed by atoms with van der Waals surface area (Å²) >= 11 is 0. The van der Waals surface area contributed by atoms with E-state index in [1.165, 1.54) is 16.4 Å². The van der Waals surface area contributed by atoms with E-state index in [2.05, 4.69) is 15.4 Å². The van der Waals surface area contributed by atoms with Gasteiger partial charge in [-0.1, -0.05) is 6.92 Å². The van der Waals surface area contributed by atoms with Gasteiger partial charge in [0.05, 0.1) is 17.2 Å². The molecule has 2 aliphatic rings. The van der Waals surface area contributed by atoms with Crippen LogP contribution in [-0.4, -0.2) is 51.5 Å². The number of aromatic nitrogens is 3. The third kappa shape index (κ3) is 3.84. The lowest BCUT2D eigenvalue weighted by molar-refractivity contribution is -0.385. The van der Waals surface area contributed by atoms with Gasteiger partial charge in [0, 0.05) is 44.1 Å². The molecule has 1 saturated heterocycles. The first-order valence-corrected chi connectivity index (χ1v) is 11.3. The molecule has 3 heterocycles. The number of rotatable bonds is 6. The molecule has 1 aromatic carbocycles. The number of non-ortho nitro benzene ring substituents is 1. The van der Waals surface area contributed by atoms with Crippen molar-refractivity contribution in [3.8, 4) is 0 Å². The standard InChI is InChI=1S/C18H24N6O4S/c1-2-17-20-18-8-5-13(12-23(18)21-17)19-15-7-6-14(24(25)26)11-16(15)29(27,28)22-9-3-4-10-22/h6-7,11,13,19H,2-5,8-10,12H2,1H3. The summed E-state index contributed by atoms with van der Waals surface area (Å²) in [5, 5.41) is 19.0. The molecular formula is C18H24N6O4S. The predicted molar refractivity (Wildman–Crippen MR) is 106 cm³/mol. The molecule has 2 aliphatic heterocycles. The van der Waals surface area contributed by atoms with Crippen molar-refractivity contribution < 1.29 is 13.3 Å². The third-order valence-electron chi connectivity index (χ3n) is 5.44. The Labute approximate surface area is 169 Å². The molecule has 0 spiro atoms. The molecule has 1 aromatic heterocycles. The quantitative estimate of drug-likeness (QED) is 0.560. The maximum absolute atomic E-state index is 13.1. The molecule has 1 fully saturated rings. The summed E-state index contributed by atoms with van der Waals surface area (Å²) in [6.45, 7) is 3.46. The number of hydrogen-bond donors (Lipinski definition) is 1. The highest BCUT2D eigenvalue weighted by Gasteiger charge is 2.32. The first kappa shape index (κ1) is 19.8. The van der Waals surface area contributed by atoms with E-state index in [4.69, 9.17) is 0 Å². The number of hydrogen-bond acceptors (Lipinski definition) is 7. The fraction of sp³-hybridized carbons (Fsp3) is 0.556. The summed E-state index contributed by atoms with van der Waals surface area (Å²) in [6, 6.07) is 3.96. The van der Waals surface area contributed by atoms with Crippen LogP contribution in [0, 0.1) is 10.1 Å². The second-order valence-electron chi connectivity index (χ2n) is 7.41. The Bertz CT molecular complexity index is 1030. The Morgan fingerprint density at radius 1 is 1.31 bits per heavy atom. The van der Waals surface area contributed by atoms with Crippen LogP contribution in [0.1, 0.15) is 37.8 Å². The lowest BCUT2D eigenvalue weighted by Crippen LogP contribution is -2.33. The number of sulfonamides is 1. The van der Waals surface area contributed by atoms with Gasteiger partial charge in [-0.2, -0.15) is 9.40 Å². The SMILES string of the molecule is CCc1nc2n(n1)CC(Nc1ccc([N+](=O)[O-])cc1S(=O)(=O)N1CCCC1)CC2. The van der Waals surface area contributed by atoms with Crippen LogP contribution in [0.25, 0.3) is 0 Å². The summed E-state index contributed by atoms with van der Waals surface area (Å²) in [5.74, 6) is 1.74. The Morgan fingerprint density at radius 3 is 2.76 bits per heavy atom. The van der Waals surface area contributed by atoms with Crippen LogP contribution in [0.4, 0.5) is 11.4 Å². The first-order chi connectivity index (χ1) is 13.9. The van der Waals surface area contributed by atoms with Crippen LogP contribution in [0.2, 0.25) is 0 Å². The van der Waals surface area contributed by atoms with Crippen LogP contribution in [-0.2, 0) is 29.4 Å². The van der Waals surface area contributed by atoms with Crippen LogP contribution < -0.4 is 5.32 Å². The van der Waals surface area contributed by atoms with Crippen molar-refractivity contribution in [3.63, 3.8) is 0 Å². The van der Waals surface area contributed by atoms with Gasteiger partial charge in [-0.3, -0.25) is 10.1 Å². The van der Waals surface area contributed by atoms with E-state index in [9.17, 15) is 18.5 Å². The molecule has 4 rings (SSSR count). The highest BCUT2D eigenvalue weighted by atomic mass is 32.2. The molecule has 0 bridgehead atoms. The smallest absolute Gasteiger partial charge is 0.270 e. The Hall–Kier alpha value is -2.53. The molecule has 29 heavy (non-hydrogen) atoms. The topological polar surface area (TPSA) is 123 Å². The van der Waals surface area contributed by atoms with Crippen molar-refractivity contribution in [2.75, 3.05) is 18.4 Å². The second kappa shape index (κ2) is 7.71. The molecule has 0 saturated carbocycles. The van der Waals surface area contributed by atoms with Gasteiger partial charge < -0.3 is 5.32 Å². The molecule has 2 aromatic rings. The van der Waals surface area contributed by atoms with Crippen molar-refractivity contribution >= 4 is 21.4 Å². The van der Waals surface area contributed by atoms with Gasteiger partial charge in [0.25, 0.3) is 5.69 Å². The largest absolute Gasteiger partial charge is 0.379 e. The molecule has 1 N–H and O–H groups in total. The van der Waals surface area contributed by atoms with E-state index in [-0.39, 0.29) is 16.6 Å². The zero-order valence-electron chi connectivity index (χ0n) is 16.2. The zero-order chi connectivity index (χ0) is 20.6. The number of nitrogens with one attached hydrogen (secondary N) is 1. The molecule has 10 nitrogen and oxygen atoms in total. The van der Waals surface area contributed by atoms with Gasteiger partial charge in [-0.15, -0.1) is 0 Å². The van der Waals surface area contributed by atoms with Gasteiger partial charge in [-0.05, 0) is 25.3 Å². The van der Waals surface area contributed by atoms with Crippen molar-refractivity contribution in [2.24, 2.45) is 0 Å². The summed E-state index contributed by atoms with van der Waals surface area (Å²) in [7, 11) is -3.80. The van der Waals surface area contributed by atoms with Crippen LogP contribution >= 0.6 is 0 Å². The minimum absolute atomic E-state index is 0.0350. The van der Waals surface area contributed by atoms with Gasteiger partial charge in [-0.25, -0.2) is 18.1 Å². The number of anilines is 1. The lowest BCUT2D eigenvalue weighted by Gasteiger charge is -2.26. The maximum atomic E-state index is 13.1. The lowest BCUT2D eigenvalue weighted by atomic mass is 10.1. The fourth-order valence-electron chi connectivity index (χ4n) is 3.87. The molecule has 11 heteroatoms. The molecule has 1 unspecified atom stereocenters. The number of aryl methyl sites for hydroxylation is 2. The van der Waals surface area contributed by atoms with E-state index in [1.54, 1.807) is 0 Å². The minimum Gasteiger partial charge on any atom is -0.379 e. The Balaban J connectivity index is 1.64. The number of fused-ring (bicyclic) bond motifs is 1. The number of nitro benzene ring substituents is 1. The van der Waals surface area contributed by atoms with E-state index in [0.717, 1.165) is 49.8 Å². The highest BCUT2D eigenvalue weighted by Crippen LogP contribution is 2.32. The number of nitro groups is 1. The van der Waals surface area contributed by atoms with Gasteiger partial charge in [0.1, 0.15) is 10.7 Å². The van der Waals surface area contributed by atoms with E-state index < -0.39 is 14.9 Å². The summed E-state index contributed by atoms with van der Waals surface area (Å²) in [6.07, 6.45) is 3.88. The van der Waals surface area contributed by atoms with Crippen molar-refractivity contribution in [1.82, 2.24) is 19.1 Å². The van der Waals surface area contributed by atoms with Crippen molar-refractivity contribution in [3.05, 3.63) is 40.0 Å². The second-order valence-corrected chi connectivity index (χ2v) is 9.31. The van der Waals surface area contributed by atoms with E-state index >= 15 is 0 Å². The van der Waals surface area contributed by atoms with Crippen molar-refractivity contribution in [1.29, 1.82) is 0 Å². The van der Waals surface area contributed by atoms with E-state index in [0.29, 0.717) is 25.3 Å². The van der Waals surface area contributed by atoms with Gasteiger partial charge >= 0.3 is 0 Å². The molecule has 1 atom stereocenters. The molecular weight excluding hydrogens is 396 g/mol. The maximum Gasteiger partial charge on any atom is 0.270 e. The fourth-order valence-corrected chi connectivity index (χ4v) is 5.56. The minimum atomic E-state index is -3.80. The van der Waals surface area contributed by atoms with Crippen LogP contribution in [0.15, 0.2) is 23.1 Å². The van der Waals surface area contributed by atoms with E-state index in [1.807, 2.05) is 11.6 Å². The van der Waals surface area contributed by atoms with Gasteiger partial charge in [0.15, 0.2) is 5.82 Å². The number of nitrogens with zero attached hydrogens (tertiary/aromatic N) is 5. The van der Waals surface area contributed by atoms with Crippen LogP contribution in [0.3, 0.4) is 0 Å². The van der Waals surface area contributed by atoms with Crippen molar-refractivity contribution in [2.45, 2.75) is 56.5 Å². The highest BCUT2D eigenvalue weighted by molar-refractivity contribution is 7.89. The Kier molecular flexibility index (Phi) is 5.26. The molecule has 156 valence electrons. The summed E-state index contributed by atoms with van der Waals surface area (Å²) in [4.78, 5) is 15.1. The molecule has 0 radical (unpaired) electrons. The summed E-state index contributed by atoms with van der Waals surface area (Å²) < 4.78 is 29.6. The first-order valence-electron chi connectivity index (χ1n) is 9.86. The van der Waals surface area contributed by atoms with Gasteiger partial charge in [0.2, 0.25) is 10.0 Å². The third-order valence-corrected chi connectivity index (χ3v) is 7.38. The average Bonchev–Trinajstić information content (AvgIpc) is 3.37. The number of benzene rings is 1. The predicted octanol–water partition coefficient (Wildman–Crippen LogP) is 1.96. The molecule has 0 amide bonds.